The lowest BCUT2D eigenvalue weighted by Gasteiger charge is -2.06. The van der Waals surface area contributed by atoms with Gasteiger partial charge in [0.25, 0.3) is 0 Å². The molecule has 0 atom stereocenters. The molecule has 0 saturated carbocycles. The van der Waals surface area contributed by atoms with Crippen LogP contribution in [0, 0.1) is 6.92 Å². The van der Waals surface area contributed by atoms with Crippen LogP contribution in [-0.2, 0) is 17.6 Å². The number of oxazole rings is 1. The summed E-state index contributed by atoms with van der Waals surface area (Å²) in [5, 5.41) is 2.93. The molecule has 0 aliphatic rings. The van der Waals surface area contributed by atoms with Crippen molar-refractivity contribution in [2.45, 2.75) is 33.1 Å². The van der Waals surface area contributed by atoms with E-state index in [0.717, 1.165) is 28.8 Å². The number of nitrogens with one attached hydrogen (secondary N) is 1. The number of hydrogen-bond acceptors (Lipinski definition) is 3. The van der Waals surface area contributed by atoms with Gasteiger partial charge in [-0.15, -0.1) is 0 Å². The molecule has 0 radical (unpaired) electrons. The van der Waals surface area contributed by atoms with Gasteiger partial charge in [-0.1, -0.05) is 25.1 Å². The molecule has 1 amide bonds. The molecule has 0 aliphatic carbocycles. The number of hydrogen-bond donors (Lipinski definition) is 1. The van der Waals surface area contributed by atoms with Gasteiger partial charge in [0, 0.05) is 19.0 Å². The fraction of sp³-hybridized carbons (Fsp3) is 0.263. The van der Waals surface area contributed by atoms with Crippen molar-refractivity contribution >= 4 is 22.7 Å². The number of fused-ring (bicyclic) bond motifs is 1. The molecule has 0 unspecified atom stereocenters. The van der Waals surface area contributed by atoms with E-state index in [2.05, 4.69) is 17.2 Å². The second-order valence-corrected chi connectivity index (χ2v) is 5.63. The predicted octanol–water partition coefficient (Wildman–Crippen LogP) is 4.27. The third-order valence-corrected chi connectivity index (χ3v) is 3.85. The number of nitrogens with zero attached hydrogens (tertiary/aromatic N) is 1. The second kappa shape index (κ2) is 6.65. The largest absolute Gasteiger partial charge is 0.441 e. The summed E-state index contributed by atoms with van der Waals surface area (Å²) in [6, 6.07) is 13.8. The zero-order chi connectivity index (χ0) is 16.2. The summed E-state index contributed by atoms with van der Waals surface area (Å²) in [7, 11) is 0. The van der Waals surface area contributed by atoms with Gasteiger partial charge in [-0.3, -0.25) is 4.79 Å². The van der Waals surface area contributed by atoms with Crippen molar-refractivity contribution in [3.8, 4) is 0 Å². The maximum Gasteiger partial charge on any atom is 0.224 e. The van der Waals surface area contributed by atoms with Crippen LogP contribution in [0.25, 0.3) is 11.1 Å². The van der Waals surface area contributed by atoms with Gasteiger partial charge in [-0.25, -0.2) is 4.98 Å². The highest BCUT2D eigenvalue weighted by Gasteiger charge is 2.06. The molecular formula is C19H20N2O2. The van der Waals surface area contributed by atoms with Gasteiger partial charge >= 0.3 is 0 Å². The number of carbonyl (C=O) groups excluding carboxylic acids is 1. The molecule has 23 heavy (non-hydrogen) atoms. The number of aryl methyl sites for hydroxylation is 3. The molecule has 1 N–H and O–H groups in total. The van der Waals surface area contributed by atoms with Gasteiger partial charge in [-0.05, 0) is 48.2 Å². The Balaban J connectivity index is 1.58. The highest BCUT2D eigenvalue weighted by molar-refractivity contribution is 5.90. The third kappa shape index (κ3) is 3.77. The maximum atomic E-state index is 12.1. The lowest BCUT2D eigenvalue weighted by atomic mass is 10.1. The summed E-state index contributed by atoms with van der Waals surface area (Å²) in [4.78, 5) is 16.4. The molecule has 0 fully saturated rings. The van der Waals surface area contributed by atoms with E-state index >= 15 is 0 Å². The Bertz CT molecular complexity index is 819. The monoisotopic (exact) mass is 308 g/mol. The topological polar surface area (TPSA) is 55.1 Å². The van der Waals surface area contributed by atoms with Gasteiger partial charge in [0.1, 0.15) is 5.52 Å². The van der Waals surface area contributed by atoms with Crippen molar-refractivity contribution in [2.75, 3.05) is 5.32 Å². The van der Waals surface area contributed by atoms with Gasteiger partial charge < -0.3 is 9.73 Å². The highest BCUT2D eigenvalue weighted by Crippen LogP contribution is 2.18. The molecule has 118 valence electrons. The van der Waals surface area contributed by atoms with Gasteiger partial charge in [0.15, 0.2) is 11.5 Å². The Labute approximate surface area is 135 Å². The number of aromatic nitrogens is 1. The minimum Gasteiger partial charge on any atom is -0.441 e. The van der Waals surface area contributed by atoms with Crippen LogP contribution in [0.15, 0.2) is 46.9 Å². The number of benzene rings is 2. The standard InChI is InChI=1S/C19H20N2O2/c1-3-14-4-8-16(9-5-14)21-19(22)11-7-15-6-10-18-17(12-15)20-13(2)23-18/h4-6,8-10,12H,3,7,11H2,1-2H3,(H,21,22). The van der Waals surface area contributed by atoms with Crippen LogP contribution >= 0.6 is 0 Å². The van der Waals surface area contributed by atoms with E-state index < -0.39 is 0 Å². The predicted molar refractivity (Wildman–Crippen MR) is 91.5 cm³/mol. The highest BCUT2D eigenvalue weighted by atomic mass is 16.3. The first-order chi connectivity index (χ1) is 11.1. The Kier molecular flexibility index (Phi) is 4.42. The van der Waals surface area contributed by atoms with Gasteiger partial charge in [-0.2, -0.15) is 0 Å². The molecule has 3 aromatic rings. The van der Waals surface area contributed by atoms with Crippen LogP contribution in [0.2, 0.25) is 0 Å². The third-order valence-electron chi connectivity index (χ3n) is 3.85. The van der Waals surface area contributed by atoms with Crippen molar-refractivity contribution in [2.24, 2.45) is 0 Å². The first kappa shape index (κ1) is 15.3. The molecule has 3 rings (SSSR count). The molecule has 4 nitrogen and oxygen atoms in total. The molecule has 4 heteroatoms. The summed E-state index contributed by atoms with van der Waals surface area (Å²) in [6.45, 7) is 3.94. The number of rotatable bonds is 5. The Morgan fingerprint density at radius 1 is 1.13 bits per heavy atom. The van der Waals surface area contributed by atoms with Crippen LogP contribution in [0.3, 0.4) is 0 Å². The van der Waals surface area contributed by atoms with E-state index in [1.807, 2.05) is 49.4 Å². The van der Waals surface area contributed by atoms with E-state index in [4.69, 9.17) is 4.42 Å². The van der Waals surface area contributed by atoms with Crippen molar-refractivity contribution in [1.82, 2.24) is 4.98 Å². The van der Waals surface area contributed by atoms with E-state index in [-0.39, 0.29) is 5.91 Å². The Hall–Kier alpha value is -2.62. The Morgan fingerprint density at radius 2 is 1.87 bits per heavy atom. The maximum absolute atomic E-state index is 12.1. The summed E-state index contributed by atoms with van der Waals surface area (Å²) in [5.41, 5.74) is 4.82. The van der Waals surface area contributed by atoms with Crippen molar-refractivity contribution in [3.63, 3.8) is 0 Å². The number of anilines is 1. The van der Waals surface area contributed by atoms with Crippen LogP contribution in [0.4, 0.5) is 5.69 Å². The lowest BCUT2D eigenvalue weighted by Crippen LogP contribution is -2.12. The Morgan fingerprint density at radius 3 is 2.61 bits per heavy atom. The quantitative estimate of drug-likeness (QED) is 0.766. The smallest absolute Gasteiger partial charge is 0.224 e. The molecule has 1 heterocycles. The first-order valence-electron chi connectivity index (χ1n) is 7.89. The van der Waals surface area contributed by atoms with E-state index in [1.165, 1.54) is 5.56 Å². The molecule has 0 spiro atoms. The average molecular weight is 308 g/mol. The fourth-order valence-electron chi connectivity index (χ4n) is 2.55. The molecule has 0 saturated heterocycles. The molecule has 0 aliphatic heterocycles. The normalized spacial score (nSPS) is 10.9. The van der Waals surface area contributed by atoms with Crippen molar-refractivity contribution in [3.05, 3.63) is 59.5 Å². The number of amides is 1. The van der Waals surface area contributed by atoms with E-state index in [9.17, 15) is 4.79 Å². The summed E-state index contributed by atoms with van der Waals surface area (Å²) in [6.07, 6.45) is 2.12. The van der Waals surface area contributed by atoms with Gasteiger partial charge in [0.05, 0.1) is 0 Å². The number of carbonyl (C=O) groups is 1. The van der Waals surface area contributed by atoms with Crippen molar-refractivity contribution in [1.29, 1.82) is 0 Å². The second-order valence-electron chi connectivity index (χ2n) is 5.63. The minimum absolute atomic E-state index is 0.0191. The summed E-state index contributed by atoms with van der Waals surface area (Å²) < 4.78 is 5.46. The zero-order valence-electron chi connectivity index (χ0n) is 13.4. The molecule has 1 aromatic heterocycles. The summed E-state index contributed by atoms with van der Waals surface area (Å²) >= 11 is 0. The van der Waals surface area contributed by atoms with E-state index in [1.54, 1.807) is 0 Å². The van der Waals surface area contributed by atoms with Gasteiger partial charge in [0.2, 0.25) is 5.91 Å². The van der Waals surface area contributed by atoms with E-state index in [0.29, 0.717) is 18.7 Å². The minimum atomic E-state index is 0.0191. The van der Waals surface area contributed by atoms with Crippen molar-refractivity contribution < 1.29 is 9.21 Å². The SMILES string of the molecule is CCc1ccc(NC(=O)CCc2ccc3oc(C)nc3c2)cc1. The fourth-order valence-corrected chi connectivity index (χ4v) is 2.55. The first-order valence-corrected chi connectivity index (χ1v) is 7.89. The lowest BCUT2D eigenvalue weighted by molar-refractivity contribution is -0.116. The van der Waals surface area contributed by atoms with Crippen LogP contribution in [-0.4, -0.2) is 10.9 Å². The van der Waals surface area contributed by atoms with Crippen LogP contribution < -0.4 is 5.32 Å². The van der Waals surface area contributed by atoms with Crippen LogP contribution in [0.5, 0.6) is 0 Å². The molecule has 2 aromatic carbocycles. The summed E-state index contributed by atoms with van der Waals surface area (Å²) in [5.74, 6) is 0.677. The average Bonchev–Trinajstić information content (AvgIpc) is 2.93. The molecule has 0 bridgehead atoms. The van der Waals surface area contributed by atoms with Crippen LogP contribution in [0.1, 0.15) is 30.4 Å². The molecular weight excluding hydrogens is 288 g/mol. The zero-order valence-corrected chi connectivity index (χ0v) is 13.4.